The zero-order valence-corrected chi connectivity index (χ0v) is 13.3. The summed E-state index contributed by atoms with van der Waals surface area (Å²) in [5.74, 6) is 0.510. The second-order valence-corrected chi connectivity index (χ2v) is 6.40. The van der Waals surface area contributed by atoms with Crippen molar-refractivity contribution in [3.05, 3.63) is 18.0 Å². The van der Waals surface area contributed by atoms with E-state index in [0.717, 1.165) is 52.0 Å². The molecule has 2 atom stereocenters. The van der Waals surface area contributed by atoms with Crippen molar-refractivity contribution >= 4 is 5.91 Å². The van der Waals surface area contributed by atoms with Gasteiger partial charge in [0, 0.05) is 32.9 Å². The minimum Gasteiger partial charge on any atom is -0.384 e. The lowest BCUT2D eigenvalue weighted by atomic mass is 9.99. The number of carbonyl (C=O) groups excluding carboxylic acids is 1. The summed E-state index contributed by atoms with van der Waals surface area (Å²) in [4.78, 5) is 14.6. The molecule has 1 N–H and O–H groups in total. The average molecular weight is 306 g/mol. The number of piperidine rings is 2. The molecule has 6 nitrogen and oxygen atoms in total. The van der Waals surface area contributed by atoms with Gasteiger partial charge >= 0.3 is 0 Å². The van der Waals surface area contributed by atoms with Gasteiger partial charge in [0.15, 0.2) is 0 Å². The SMILES string of the molecule is COCC1CCCN(C(=O)c2ccn(C3CCCNC3)n2)C1. The first kappa shape index (κ1) is 15.5. The van der Waals surface area contributed by atoms with Crippen LogP contribution in [0.5, 0.6) is 0 Å². The van der Waals surface area contributed by atoms with Crippen molar-refractivity contribution in [1.29, 1.82) is 0 Å². The van der Waals surface area contributed by atoms with Crippen molar-refractivity contribution < 1.29 is 9.53 Å². The van der Waals surface area contributed by atoms with Gasteiger partial charge in [-0.05, 0) is 44.2 Å². The van der Waals surface area contributed by atoms with Crippen LogP contribution in [0.4, 0.5) is 0 Å². The maximum absolute atomic E-state index is 12.6. The molecule has 1 aromatic rings. The Morgan fingerprint density at radius 3 is 3.14 bits per heavy atom. The molecule has 3 rings (SSSR count). The number of aromatic nitrogens is 2. The third-order valence-electron chi connectivity index (χ3n) is 4.68. The minimum atomic E-state index is 0.0586. The predicted molar refractivity (Wildman–Crippen MR) is 83.9 cm³/mol. The van der Waals surface area contributed by atoms with E-state index in [1.807, 2.05) is 21.8 Å². The van der Waals surface area contributed by atoms with Crippen LogP contribution in [0, 0.1) is 5.92 Å². The van der Waals surface area contributed by atoms with Crippen molar-refractivity contribution in [3.8, 4) is 0 Å². The van der Waals surface area contributed by atoms with E-state index in [0.29, 0.717) is 17.7 Å². The number of nitrogens with one attached hydrogen (secondary N) is 1. The van der Waals surface area contributed by atoms with Crippen molar-refractivity contribution in [2.75, 3.05) is 39.9 Å². The number of ether oxygens (including phenoxy) is 1. The van der Waals surface area contributed by atoms with Crippen molar-refractivity contribution in [2.45, 2.75) is 31.7 Å². The van der Waals surface area contributed by atoms with E-state index in [1.54, 1.807) is 7.11 Å². The lowest BCUT2D eigenvalue weighted by Crippen LogP contribution is -2.41. The lowest BCUT2D eigenvalue weighted by Gasteiger charge is -2.32. The van der Waals surface area contributed by atoms with Gasteiger partial charge in [0.2, 0.25) is 0 Å². The van der Waals surface area contributed by atoms with Gasteiger partial charge in [-0.1, -0.05) is 0 Å². The third-order valence-corrected chi connectivity index (χ3v) is 4.68. The Morgan fingerprint density at radius 1 is 1.45 bits per heavy atom. The molecule has 0 bridgehead atoms. The molecule has 1 amide bonds. The predicted octanol–water partition coefficient (Wildman–Crippen LogP) is 1.31. The average Bonchev–Trinajstić information content (AvgIpc) is 3.05. The summed E-state index contributed by atoms with van der Waals surface area (Å²) in [6.07, 6.45) is 6.43. The lowest BCUT2D eigenvalue weighted by molar-refractivity contribution is 0.0564. The Morgan fingerprint density at radius 2 is 2.36 bits per heavy atom. The van der Waals surface area contributed by atoms with E-state index in [4.69, 9.17) is 4.74 Å². The summed E-state index contributed by atoms with van der Waals surface area (Å²) in [6.45, 7) is 4.36. The number of likely N-dealkylation sites (tertiary alicyclic amines) is 1. The molecule has 2 saturated heterocycles. The van der Waals surface area contributed by atoms with Gasteiger partial charge in [0.25, 0.3) is 5.91 Å². The minimum absolute atomic E-state index is 0.0586. The van der Waals surface area contributed by atoms with Crippen LogP contribution in [0.15, 0.2) is 12.3 Å². The quantitative estimate of drug-likeness (QED) is 0.911. The Balaban J connectivity index is 1.63. The highest BCUT2D eigenvalue weighted by Gasteiger charge is 2.26. The summed E-state index contributed by atoms with van der Waals surface area (Å²) in [7, 11) is 1.72. The molecule has 0 radical (unpaired) electrons. The monoisotopic (exact) mass is 306 g/mol. The number of nitrogens with zero attached hydrogens (tertiary/aromatic N) is 3. The summed E-state index contributed by atoms with van der Waals surface area (Å²) < 4.78 is 7.19. The van der Waals surface area contributed by atoms with Gasteiger partial charge in [0.1, 0.15) is 5.69 Å². The van der Waals surface area contributed by atoms with E-state index in [1.165, 1.54) is 6.42 Å². The summed E-state index contributed by atoms with van der Waals surface area (Å²) in [6, 6.07) is 2.23. The molecule has 22 heavy (non-hydrogen) atoms. The Bertz CT molecular complexity index is 494. The van der Waals surface area contributed by atoms with E-state index in [2.05, 4.69) is 10.4 Å². The van der Waals surface area contributed by atoms with Gasteiger partial charge in [-0.2, -0.15) is 5.10 Å². The van der Waals surface area contributed by atoms with Crippen molar-refractivity contribution in [2.24, 2.45) is 5.92 Å². The second kappa shape index (κ2) is 7.24. The highest BCUT2D eigenvalue weighted by Crippen LogP contribution is 2.20. The number of hydrogen-bond acceptors (Lipinski definition) is 4. The van der Waals surface area contributed by atoms with Crippen molar-refractivity contribution in [1.82, 2.24) is 20.0 Å². The molecule has 0 aromatic carbocycles. The third kappa shape index (κ3) is 3.50. The molecule has 2 aliphatic heterocycles. The smallest absolute Gasteiger partial charge is 0.274 e. The van der Waals surface area contributed by atoms with Gasteiger partial charge in [-0.25, -0.2) is 0 Å². The fraction of sp³-hybridized carbons (Fsp3) is 0.750. The van der Waals surface area contributed by atoms with E-state index < -0.39 is 0 Å². The topological polar surface area (TPSA) is 59.4 Å². The maximum atomic E-state index is 12.6. The molecule has 1 aromatic heterocycles. The standard InChI is InChI=1S/C16H26N4O2/c1-22-12-13-4-3-8-19(11-13)16(21)15-6-9-20(18-15)14-5-2-7-17-10-14/h6,9,13-14,17H,2-5,7-8,10-12H2,1H3. The summed E-state index contributed by atoms with van der Waals surface area (Å²) >= 11 is 0. The zero-order chi connectivity index (χ0) is 15.4. The molecule has 0 saturated carbocycles. The number of rotatable bonds is 4. The van der Waals surface area contributed by atoms with Gasteiger partial charge in [-0.3, -0.25) is 9.48 Å². The fourth-order valence-electron chi connectivity index (χ4n) is 3.50. The molecule has 3 heterocycles. The van der Waals surface area contributed by atoms with E-state index in [-0.39, 0.29) is 5.91 Å². The van der Waals surface area contributed by atoms with E-state index in [9.17, 15) is 4.79 Å². The van der Waals surface area contributed by atoms with Crippen LogP contribution < -0.4 is 5.32 Å². The first-order valence-corrected chi connectivity index (χ1v) is 8.32. The largest absolute Gasteiger partial charge is 0.384 e. The number of carbonyl (C=O) groups is 1. The molecule has 2 fully saturated rings. The Hall–Kier alpha value is -1.40. The molecule has 122 valence electrons. The van der Waals surface area contributed by atoms with Crippen LogP contribution in [0.3, 0.4) is 0 Å². The fourth-order valence-corrected chi connectivity index (χ4v) is 3.50. The van der Waals surface area contributed by atoms with E-state index >= 15 is 0 Å². The van der Waals surface area contributed by atoms with Crippen LogP contribution in [0.2, 0.25) is 0 Å². The molecular weight excluding hydrogens is 280 g/mol. The van der Waals surface area contributed by atoms with Crippen LogP contribution in [0.25, 0.3) is 0 Å². The Labute approximate surface area is 131 Å². The zero-order valence-electron chi connectivity index (χ0n) is 13.3. The van der Waals surface area contributed by atoms with Crippen LogP contribution >= 0.6 is 0 Å². The first-order chi connectivity index (χ1) is 10.8. The summed E-state index contributed by atoms with van der Waals surface area (Å²) in [5.41, 5.74) is 0.573. The summed E-state index contributed by atoms with van der Waals surface area (Å²) in [5, 5.41) is 7.92. The van der Waals surface area contributed by atoms with Gasteiger partial charge in [-0.15, -0.1) is 0 Å². The number of amides is 1. The van der Waals surface area contributed by atoms with Crippen LogP contribution in [-0.4, -0.2) is 60.5 Å². The number of methoxy groups -OCH3 is 1. The molecule has 0 spiro atoms. The van der Waals surface area contributed by atoms with Gasteiger partial charge in [0.05, 0.1) is 12.6 Å². The normalized spacial score (nSPS) is 26.1. The first-order valence-electron chi connectivity index (χ1n) is 8.32. The van der Waals surface area contributed by atoms with Crippen LogP contribution in [-0.2, 0) is 4.74 Å². The molecule has 6 heteroatoms. The maximum Gasteiger partial charge on any atom is 0.274 e. The molecular formula is C16H26N4O2. The molecule has 2 aliphatic rings. The second-order valence-electron chi connectivity index (χ2n) is 6.40. The molecule has 0 aliphatic carbocycles. The van der Waals surface area contributed by atoms with Gasteiger partial charge < -0.3 is 15.0 Å². The number of hydrogen-bond donors (Lipinski definition) is 1. The Kier molecular flexibility index (Phi) is 5.10. The van der Waals surface area contributed by atoms with Crippen molar-refractivity contribution in [3.63, 3.8) is 0 Å². The highest BCUT2D eigenvalue weighted by atomic mass is 16.5. The molecule has 2 unspecified atom stereocenters. The van der Waals surface area contributed by atoms with Crippen LogP contribution in [0.1, 0.15) is 42.2 Å². The highest BCUT2D eigenvalue weighted by molar-refractivity contribution is 5.92.